The molecule has 3 rings (SSSR count). The van der Waals surface area contributed by atoms with Gasteiger partial charge in [0.05, 0.1) is 6.54 Å². The van der Waals surface area contributed by atoms with Crippen LogP contribution in [0.3, 0.4) is 0 Å². The second-order valence-corrected chi connectivity index (χ2v) is 7.84. The lowest BCUT2D eigenvalue weighted by atomic mass is 9.95. The predicted octanol–water partition coefficient (Wildman–Crippen LogP) is 1.88. The van der Waals surface area contributed by atoms with Crippen molar-refractivity contribution in [2.75, 3.05) is 26.7 Å². The molecule has 0 aliphatic carbocycles. The third kappa shape index (κ3) is 3.43. The van der Waals surface area contributed by atoms with Crippen LogP contribution in [0, 0.1) is 5.92 Å². The van der Waals surface area contributed by atoms with Crippen molar-refractivity contribution in [3.63, 3.8) is 0 Å². The van der Waals surface area contributed by atoms with Gasteiger partial charge in [-0.1, -0.05) is 31.5 Å². The first-order chi connectivity index (χ1) is 12.3. The summed E-state index contributed by atoms with van der Waals surface area (Å²) in [5, 5.41) is 0.495. The van der Waals surface area contributed by atoms with Crippen molar-refractivity contribution in [3.8, 4) is 0 Å². The van der Waals surface area contributed by atoms with Crippen molar-refractivity contribution in [1.82, 2.24) is 14.7 Å². The number of hydrogen-bond donors (Lipinski definition) is 0. The summed E-state index contributed by atoms with van der Waals surface area (Å²) in [6.45, 7) is 5.09. The molecule has 140 valence electrons. The molecule has 0 radical (unpaired) electrons. The summed E-state index contributed by atoms with van der Waals surface area (Å²) in [7, 11) is 1.68. The molecular weight excluding hydrogens is 354 g/mol. The molecule has 2 atom stereocenters. The Kier molecular flexibility index (Phi) is 5.23. The zero-order valence-corrected chi connectivity index (χ0v) is 16.1. The van der Waals surface area contributed by atoms with Crippen LogP contribution in [0.2, 0.25) is 5.02 Å². The van der Waals surface area contributed by atoms with Gasteiger partial charge < -0.3 is 14.7 Å². The number of halogens is 1. The van der Waals surface area contributed by atoms with Crippen molar-refractivity contribution >= 4 is 29.3 Å². The van der Waals surface area contributed by atoms with E-state index in [0.717, 1.165) is 0 Å². The van der Waals surface area contributed by atoms with Crippen LogP contribution in [0.1, 0.15) is 30.6 Å². The van der Waals surface area contributed by atoms with Gasteiger partial charge in [-0.2, -0.15) is 0 Å². The average molecular weight is 378 g/mol. The summed E-state index contributed by atoms with van der Waals surface area (Å²) >= 11 is 5.97. The maximum Gasteiger partial charge on any atom is 0.254 e. The number of rotatable bonds is 3. The number of hydrogen-bond acceptors (Lipinski definition) is 3. The molecule has 0 saturated carbocycles. The van der Waals surface area contributed by atoms with E-state index in [1.54, 1.807) is 46.0 Å². The molecule has 1 aromatic rings. The van der Waals surface area contributed by atoms with E-state index in [2.05, 4.69) is 0 Å². The Morgan fingerprint density at radius 1 is 1.23 bits per heavy atom. The number of piperazine rings is 2. The Hall–Kier alpha value is -2.08. The quantitative estimate of drug-likeness (QED) is 0.808. The van der Waals surface area contributed by atoms with Crippen LogP contribution in [0.25, 0.3) is 0 Å². The van der Waals surface area contributed by atoms with Crippen molar-refractivity contribution in [2.24, 2.45) is 5.92 Å². The van der Waals surface area contributed by atoms with Gasteiger partial charge in [-0.25, -0.2) is 0 Å². The third-order valence-corrected chi connectivity index (χ3v) is 5.34. The lowest BCUT2D eigenvalue weighted by molar-refractivity contribution is -0.163. The van der Waals surface area contributed by atoms with Gasteiger partial charge in [-0.3, -0.25) is 14.4 Å². The number of nitrogens with zero attached hydrogens (tertiary/aromatic N) is 3. The van der Waals surface area contributed by atoms with Gasteiger partial charge in [0, 0.05) is 30.7 Å². The topological polar surface area (TPSA) is 60.9 Å². The largest absolute Gasteiger partial charge is 0.334 e. The minimum atomic E-state index is -0.604. The molecule has 0 aromatic heterocycles. The van der Waals surface area contributed by atoms with E-state index in [1.807, 2.05) is 13.8 Å². The molecule has 0 bridgehead atoms. The lowest BCUT2D eigenvalue weighted by Gasteiger charge is -2.48. The molecule has 2 saturated heterocycles. The number of likely N-dealkylation sites (N-methyl/N-ethyl adjacent to an activating group) is 1. The number of fused-ring (bicyclic) bond motifs is 1. The minimum absolute atomic E-state index is 0.0133. The standard InChI is InChI=1S/C19H24ClN3O3/c1-12(2)9-15-19(26)23-8-7-22(11-16(23)18(25)21(15)3)17(24)13-5-4-6-14(20)10-13/h4-6,10,12,15-16H,7-9,11H2,1-3H3/t15-,16+/m0/s1. The first-order valence-electron chi connectivity index (χ1n) is 8.91. The fourth-order valence-electron chi connectivity index (χ4n) is 3.70. The summed E-state index contributed by atoms with van der Waals surface area (Å²) in [6.07, 6.45) is 0.648. The summed E-state index contributed by atoms with van der Waals surface area (Å²) in [5.74, 6) is 0.0419. The SMILES string of the molecule is CC(C)C[C@H]1C(=O)N2CCN(C(=O)c3cccc(Cl)c3)C[C@@H]2C(=O)N1C. The van der Waals surface area contributed by atoms with Crippen molar-refractivity contribution in [1.29, 1.82) is 0 Å². The fourth-order valence-corrected chi connectivity index (χ4v) is 3.89. The Labute approximate surface area is 158 Å². The molecule has 2 aliphatic heterocycles. The second-order valence-electron chi connectivity index (χ2n) is 7.40. The Morgan fingerprint density at radius 3 is 2.62 bits per heavy atom. The minimum Gasteiger partial charge on any atom is -0.334 e. The molecule has 2 fully saturated rings. The molecule has 0 spiro atoms. The summed E-state index contributed by atoms with van der Waals surface area (Å²) in [5.41, 5.74) is 0.492. The van der Waals surface area contributed by atoms with Crippen LogP contribution in [-0.2, 0) is 9.59 Å². The molecule has 26 heavy (non-hydrogen) atoms. The van der Waals surface area contributed by atoms with Gasteiger partial charge in [-0.15, -0.1) is 0 Å². The van der Waals surface area contributed by atoms with Gasteiger partial charge in [0.1, 0.15) is 12.1 Å². The van der Waals surface area contributed by atoms with Gasteiger partial charge in [0.2, 0.25) is 11.8 Å². The van der Waals surface area contributed by atoms with E-state index >= 15 is 0 Å². The number of amides is 3. The molecule has 0 N–H and O–H groups in total. The highest BCUT2D eigenvalue weighted by Crippen LogP contribution is 2.25. The molecule has 2 aliphatic rings. The van der Waals surface area contributed by atoms with E-state index in [9.17, 15) is 14.4 Å². The molecule has 0 unspecified atom stereocenters. The zero-order valence-electron chi connectivity index (χ0n) is 15.3. The van der Waals surface area contributed by atoms with Crippen molar-refractivity contribution in [2.45, 2.75) is 32.4 Å². The predicted molar refractivity (Wildman–Crippen MR) is 98.9 cm³/mol. The second kappa shape index (κ2) is 7.27. The van der Waals surface area contributed by atoms with E-state index < -0.39 is 12.1 Å². The molecule has 2 heterocycles. The molecule has 7 heteroatoms. The van der Waals surface area contributed by atoms with Crippen LogP contribution < -0.4 is 0 Å². The van der Waals surface area contributed by atoms with E-state index in [1.165, 1.54) is 0 Å². The molecule has 6 nitrogen and oxygen atoms in total. The first kappa shape index (κ1) is 18.7. The number of carbonyl (C=O) groups is 3. The van der Waals surface area contributed by atoms with Gasteiger partial charge in [-0.05, 0) is 30.5 Å². The van der Waals surface area contributed by atoms with E-state index in [0.29, 0.717) is 36.0 Å². The number of benzene rings is 1. The van der Waals surface area contributed by atoms with Crippen molar-refractivity contribution < 1.29 is 14.4 Å². The summed E-state index contributed by atoms with van der Waals surface area (Å²) in [4.78, 5) is 43.3. The molecule has 3 amide bonds. The Morgan fingerprint density at radius 2 is 1.96 bits per heavy atom. The molecule has 1 aromatic carbocycles. The number of carbonyl (C=O) groups excluding carboxylic acids is 3. The normalized spacial score (nSPS) is 23.5. The van der Waals surface area contributed by atoms with Crippen LogP contribution in [0.5, 0.6) is 0 Å². The van der Waals surface area contributed by atoms with Gasteiger partial charge in [0.15, 0.2) is 0 Å². The maximum absolute atomic E-state index is 12.9. The maximum atomic E-state index is 12.9. The van der Waals surface area contributed by atoms with Crippen LogP contribution in [-0.4, -0.2) is 71.2 Å². The molecular formula is C19H24ClN3O3. The highest BCUT2D eigenvalue weighted by molar-refractivity contribution is 6.30. The Bertz CT molecular complexity index is 736. The highest BCUT2D eigenvalue weighted by Gasteiger charge is 2.47. The summed E-state index contributed by atoms with van der Waals surface area (Å²) < 4.78 is 0. The monoisotopic (exact) mass is 377 g/mol. The van der Waals surface area contributed by atoms with Crippen LogP contribution in [0.4, 0.5) is 0 Å². The van der Waals surface area contributed by atoms with Crippen LogP contribution in [0.15, 0.2) is 24.3 Å². The van der Waals surface area contributed by atoms with Gasteiger partial charge in [0.25, 0.3) is 5.91 Å². The fraction of sp³-hybridized carbons (Fsp3) is 0.526. The Balaban J connectivity index is 1.77. The first-order valence-corrected chi connectivity index (χ1v) is 9.29. The van der Waals surface area contributed by atoms with Crippen LogP contribution >= 0.6 is 11.6 Å². The lowest BCUT2D eigenvalue weighted by Crippen LogP contribution is -2.69. The van der Waals surface area contributed by atoms with E-state index in [4.69, 9.17) is 11.6 Å². The third-order valence-electron chi connectivity index (χ3n) is 5.10. The highest BCUT2D eigenvalue weighted by atomic mass is 35.5. The summed E-state index contributed by atoms with van der Waals surface area (Å²) in [6, 6.07) is 5.75. The average Bonchev–Trinajstić information content (AvgIpc) is 2.62. The van der Waals surface area contributed by atoms with Gasteiger partial charge >= 0.3 is 0 Å². The van der Waals surface area contributed by atoms with Crippen molar-refractivity contribution in [3.05, 3.63) is 34.9 Å². The smallest absolute Gasteiger partial charge is 0.254 e. The zero-order chi connectivity index (χ0) is 19.0. The van der Waals surface area contributed by atoms with E-state index in [-0.39, 0.29) is 24.3 Å².